The lowest BCUT2D eigenvalue weighted by molar-refractivity contribution is -0.0666. The first-order valence-corrected chi connectivity index (χ1v) is 6.22. The molecule has 0 aromatic carbocycles. The lowest BCUT2D eigenvalue weighted by atomic mass is 10.1. The molecule has 0 bridgehead atoms. The smallest absolute Gasteiger partial charge is 0.260 e. The van der Waals surface area contributed by atoms with Gasteiger partial charge in [-0.2, -0.15) is 5.06 Å². The Balaban J connectivity index is 1.91. The zero-order chi connectivity index (χ0) is 13.9. The average Bonchev–Trinajstić information content (AvgIpc) is 2.84. The monoisotopic (exact) mass is 272 g/mol. The minimum atomic E-state index is -2.81. The van der Waals surface area contributed by atoms with E-state index in [2.05, 4.69) is 4.98 Å². The van der Waals surface area contributed by atoms with E-state index >= 15 is 0 Å². The highest BCUT2D eigenvalue weighted by atomic mass is 19.3. The number of aromatic nitrogens is 1. The second-order valence-electron chi connectivity index (χ2n) is 4.72. The standard InChI is InChI=1S/C12H18F2N4O/c13-12(14,8-15)4-3-10-1-2-11(16-7-10)17-5-6-18(19)9-17/h1-2,7,19H,3-6,8-9,15H2. The lowest BCUT2D eigenvalue weighted by Gasteiger charge is -2.17. The van der Waals surface area contributed by atoms with E-state index in [0.29, 0.717) is 19.8 Å². The van der Waals surface area contributed by atoms with Crippen molar-refractivity contribution in [3.63, 3.8) is 0 Å². The van der Waals surface area contributed by atoms with Gasteiger partial charge in [-0.15, -0.1) is 0 Å². The summed E-state index contributed by atoms with van der Waals surface area (Å²) in [5, 5.41) is 10.5. The summed E-state index contributed by atoms with van der Waals surface area (Å²) in [6.07, 6.45) is 1.59. The molecule has 3 N–H and O–H groups in total. The maximum absolute atomic E-state index is 13.0. The van der Waals surface area contributed by atoms with E-state index in [1.807, 2.05) is 4.90 Å². The highest BCUT2D eigenvalue weighted by Crippen LogP contribution is 2.20. The van der Waals surface area contributed by atoms with Crippen LogP contribution < -0.4 is 10.6 Å². The van der Waals surface area contributed by atoms with Gasteiger partial charge >= 0.3 is 0 Å². The van der Waals surface area contributed by atoms with E-state index in [4.69, 9.17) is 5.73 Å². The van der Waals surface area contributed by atoms with Crippen LogP contribution in [0, 0.1) is 0 Å². The van der Waals surface area contributed by atoms with E-state index < -0.39 is 12.5 Å². The molecule has 5 nitrogen and oxygen atoms in total. The average molecular weight is 272 g/mol. The Labute approximate surface area is 110 Å². The fourth-order valence-electron chi connectivity index (χ4n) is 1.94. The van der Waals surface area contributed by atoms with Crippen molar-refractivity contribution < 1.29 is 14.0 Å². The van der Waals surface area contributed by atoms with Crippen molar-refractivity contribution >= 4 is 5.82 Å². The molecule has 1 aliphatic rings. The van der Waals surface area contributed by atoms with E-state index in [0.717, 1.165) is 11.4 Å². The molecule has 0 spiro atoms. The zero-order valence-electron chi connectivity index (χ0n) is 10.6. The molecule has 1 aromatic heterocycles. The third-order valence-corrected chi connectivity index (χ3v) is 3.17. The lowest BCUT2D eigenvalue weighted by Crippen LogP contribution is -2.28. The van der Waals surface area contributed by atoms with Crippen molar-refractivity contribution in [3.8, 4) is 0 Å². The van der Waals surface area contributed by atoms with Gasteiger partial charge in [0.25, 0.3) is 5.92 Å². The van der Waals surface area contributed by atoms with Crippen LogP contribution in [0.2, 0.25) is 0 Å². The number of nitrogens with zero attached hydrogens (tertiary/aromatic N) is 3. The van der Waals surface area contributed by atoms with Crippen LogP contribution in [-0.2, 0) is 6.42 Å². The van der Waals surface area contributed by atoms with Gasteiger partial charge in [-0.25, -0.2) is 13.8 Å². The third kappa shape index (κ3) is 3.82. The second kappa shape index (κ2) is 5.77. The second-order valence-corrected chi connectivity index (χ2v) is 4.72. The van der Waals surface area contributed by atoms with E-state index in [-0.39, 0.29) is 12.8 Å². The Morgan fingerprint density at radius 3 is 2.68 bits per heavy atom. The number of pyridine rings is 1. The minimum absolute atomic E-state index is 0.254. The molecule has 0 radical (unpaired) electrons. The fourth-order valence-corrected chi connectivity index (χ4v) is 1.94. The van der Waals surface area contributed by atoms with E-state index in [1.165, 1.54) is 5.06 Å². The summed E-state index contributed by atoms with van der Waals surface area (Å²) >= 11 is 0. The summed E-state index contributed by atoms with van der Waals surface area (Å²) < 4.78 is 26.0. The summed E-state index contributed by atoms with van der Waals surface area (Å²) in [7, 11) is 0. The summed E-state index contributed by atoms with van der Waals surface area (Å²) in [6.45, 7) is 1.07. The first kappa shape index (κ1) is 14.1. The number of hydroxylamine groups is 2. The van der Waals surface area contributed by atoms with E-state index in [1.54, 1.807) is 18.3 Å². The molecule has 2 rings (SSSR count). The molecule has 19 heavy (non-hydrogen) atoms. The Hall–Kier alpha value is -1.31. The number of alkyl halides is 2. The number of hydrogen-bond acceptors (Lipinski definition) is 5. The molecule has 0 atom stereocenters. The summed E-state index contributed by atoms with van der Waals surface area (Å²) in [6, 6.07) is 3.57. The molecule has 2 heterocycles. The van der Waals surface area contributed by atoms with Gasteiger partial charge in [0.2, 0.25) is 0 Å². The Bertz CT molecular complexity index is 413. The summed E-state index contributed by atoms with van der Waals surface area (Å²) in [5.74, 6) is -2.07. The van der Waals surface area contributed by atoms with Gasteiger partial charge < -0.3 is 15.8 Å². The molecule has 0 aliphatic carbocycles. The van der Waals surface area contributed by atoms with Crippen LogP contribution in [0.1, 0.15) is 12.0 Å². The van der Waals surface area contributed by atoms with Crippen LogP contribution in [0.3, 0.4) is 0 Å². The highest BCUT2D eigenvalue weighted by Gasteiger charge is 2.26. The van der Waals surface area contributed by atoms with Crippen LogP contribution >= 0.6 is 0 Å². The normalized spacial score (nSPS) is 17.2. The predicted molar refractivity (Wildman–Crippen MR) is 67.3 cm³/mol. The molecule has 1 fully saturated rings. The van der Waals surface area contributed by atoms with Gasteiger partial charge in [0.1, 0.15) is 5.82 Å². The molecule has 7 heteroatoms. The zero-order valence-corrected chi connectivity index (χ0v) is 10.6. The van der Waals surface area contributed by atoms with Crippen LogP contribution in [0.5, 0.6) is 0 Å². The number of hydrogen-bond donors (Lipinski definition) is 2. The molecular weight excluding hydrogens is 254 g/mol. The first-order chi connectivity index (χ1) is 9.00. The molecule has 1 aromatic rings. The number of halogens is 2. The molecule has 106 valence electrons. The number of rotatable bonds is 5. The van der Waals surface area contributed by atoms with Gasteiger partial charge in [0.15, 0.2) is 0 Å². The van der Waals surface area contributed by atoms with Gasteiger partial charge in [0.05, 0.1) is 13.2 Å². The topological polar surface area (TPSA) is 65.6 Å². The van der Waals surface area contributed by atoms with Crippen LogP contribution in [0.15, 0.2) is 18.3 Å². The predicted octanol–water partition coefficient (Wildman–Crippen LogP) is 1.08. The van der Waals surface area contributed by atoms with Gasteiger partial charge in [0, 0.05) is 25.7 Å². The SMILES string of the molecule is NCC(F)(F)CCc1ccc(N2CCN(O)C2)nc1. The Kier molecular flexibility index (Phi) is 4.28. The quantitative estimate of drug-likeness (QED) is 0.839. The van der Waals surface area contributed by atoms with Gasteiger partial charge in [-0.05, 0) is 18.1 Å². The van der Waals surface area contributed by atoms with Crippen molar-refractivity contribution in [2.75, 3.05) is 31.2 Å². The fraction of sp³-hybridized carbons (Fsp3) is 0.583. The Morgan fingerprint density at radius 1 is 1.37 bits per heavy atom. The van der Waals surface area contributed by atoms with Crippen LogP contribution in [-0.4, -0.2) is 47.5 Å². The summed E-state index contributed by atoms with van der Waals surface area (Å²) in [5.41, 5.74) is 5.75. The van der Waals surface area contributed by atoms with Gasteiger partial charge in [-0.3, -0.25) is 0 Å². The Morgan fingerprint density at radius 2 is 2.16 bits per heavy atom. The minimum Gasteiger partial charge on any atom is -0.340 e. The number of anilines is 1. The van der Waals surface area contributed by atoms with Gasteiger partial charge in [-0.1, -0.05) is 6.07 Å². The van der Waals surface area contributed by atoms with Crippen molar-refractivity contribution in [2.24, 2.45) is 5.73 Å². The third-order valence-electron chi connectivity index (χ3n) is 3.17. The molecule has 0 amide bonds. The molecule has 1 saturated heterocycles. The van der Waals surface area contributed by atoms with Crippen LogP contribution in [0.4, 0.5) is 14.6 Å². The molecule has 1 aliphatic heterocycles. The highest BCUT2D eigenvalue weighted by molar-refractivity contribution is 5.40. The summed E-state index contributed by atoms with van der Waals surface area (Å²) in [4.78, 5) is 6.15. The first-order valence-electron chi connectivity index (χ1n) is 6.22. The molecule has 0 saturated carbocycles. The van der Waals surface area contributed by atoms with E-state index in [9.17, 15) is 14.0 Å². The van der Waals surface area contributed by atoms with Crippen molar-refractivity contribution in [1.82, 2.24) is 10.0 Å². The maximum Gasteiger partial charge on any atom is 0.260 e. The number of aryl methyl sites for hydroxylation is 1. The molecular formula is C12H18F2N4O. The number of nitrogens with two attached hydrogens (primary N) is 1. The largest absolute Gasteiger partial charge is 0.340 e. The van der Waals surface area contributed by atoms with Crippen molar-refractivity contribution in [2.45, 2.75) is 18.8 Å². The molecule has 0 unspecified atom stereocenters. The van der Waals surface area contributed by atoms with Crippen LogP contribution in [0.25, 0.3) is 0 Å². The van der Waals surface area contributed by atoms with Crippen molar-refractivity contribution in [1.29, 1.82) is 0 Å². The van der Waals surface area contributed by atoms with Crippen molar-refractivity contribution in [3.05, 3.63) is 23.9 Å². The maximum atomic E-state index is 13.0.